The van der Waals surface area contributed by atoms with Gasteiger partial charge in [0.1, 0.15) is 0 Å². The molecule has 3 aromatic carbocycles. The SMILES string of the molecule is Cc1ccc(NC(=O)CSc2nc(O)c(C(c3ccccc3)c3ccccc3)c(=O)[nH]2)cc1. The third kappa shape index (κ3) is 5.51. The van der Waals surface area contributed by atoms with Crippen molar-refractivity contribution in [1.82, 2.24) is 9.97 Å². The normalized spacial score (nSPS) is 10.8. The number of H-pyrrole nitrogens is 1. The van der Waals surface area contributed by atoms with Gasteiger partial charge in [-0.1, -0.05) is 90.1 Å². The molecule has 0 fully saturated rings. The van der Waals surface area contributed by atoms with Crippen molar-refractivity contribution in [2.75, 3.05) is 11.1 Å². The Hall–Kier alpha value is -3.84. The molecule has 0 radical (unpaired) electrons. The van der Waals surface area contributed by atoms with Crippen molar-refractivity contribution in [2.45, 2.75) is 18.0 Å². The number of aromatic hydroxyl groups is 1. The zero-order valence-corrected chi connectivity index (χ0v) is 18.8. The van der Waals surface area contributed by atoms with Gasteiger partial charge in [0, 0.05) is 11.6 Å². The molecule has 0 aliphatic heterocycles. The van der Waals surface area contributed by atoms with E-state index in [1.807, 2.05) is 91.9 Å². The zero-order chi connectivity index (χ0) is 23.2. The molecule has 0 aliphatic carbocycles. The number of rotatable bonds is 7. The quantitative estimate of drug-likeness (QED) is 0.276. The Kier molecular flexibility index (Phi) is 6.90. The molecule has 0 unspecified atom stereocenters. The Morgan fingerprint density at radius 2 is 1.55 bits per heavy atom. The lowest BCUT2D eigenvalue weighted by molar-refractivity contribution is -0.113. The Bertz CT molecular complexity index is 1250. The molecule has 7 heteroatoms. The van der Waals surface area contributed by atoms with Crippen LogP contribution in [0.1, 0.15) is 28.2 Å². The maximum absolute atomic E-state index is 13.0. The summed E-state index contributed by atoms with van der Waals surface area (Å²) in [5.41, 5.74) is 3.25. The van der Waals surface area contributed by atoms with E-state index in [-0.39, 0.29) is 28.3 Å². The summed E-state index contributed by atoms with van der Waals surface area (Å²) >= 11 is 1.05. The topological polar surface area (TPSA) is 95.1 Å². The first-order valence-corrected chi connectivity index (χ1v) is 11.4. The molecule has 0 bridgehead atoms. The van der Waals surface area contributed by atoms with Gasteiger partial charge in [-0.15, -0.1) is 0 Å². The highest BCUT2D eigenvalue weighted by Crippen LogP contribution is 2.34. The Morgan fingerprint density at radius 3 is 2.09 bits per heavy atom. The number of hydrogen-bond donors (Lipinski definition) is 3. The number of nitrogens with zero attached hydrogens (tertiary/aromatic N) is 1. The van der Waals surface area contributed by atoms with E-state index in [2.05, 4.69) is 15.3 Å². The Morgan fingerprint density at radius 1 is 0.970 bits per heavy atom. The predicted octanol–water partition coefficient (Wildman–Crippen LogP) is 4.69. The lowest BCUT2D eigenvalue weighted by atomic mass is 9.86. The number of nitrogens with one attached hydrogen (secondary N) is 2. The number of aryl methyl sites for hydroxylation is 1. The van der Waals surface area contributed by atoms with Gasteiger partial charge in [-0.2, -0.15) is 4.98 Å². The molecule has 0 aliphatic rings. The number of amides is 1. The summed E-state index contributed by atoms with van der Waals surface area (Å²) in [4.78, 5) is 32.2. The molecular formula is C26H23N3O3S. The molecule has 0 spiro atoms. The van der Waals surface area contributed by atoms with E-state index in [4.69, 9.17) is 0 Å². The summed E-state index contributed by atoms with van der Waals surface area (Å²) in [6.07, 6.45) is 0. The van der Waals surface area contributed by atoms with Crippen molar-refractivity contribution in [3.05, 3.63) is 118 Å². The molecule has 4 rings (SSSR count). The van der Waals surface area contributed by atoms with Crippen molar-refractivity contribution < 1.29 is 9.90 Å². The third-order valence-electron chi connectivity index (χ3n) is 5.14. The van der Waals surface area contributed by atoms with Gasteiger partial charge in [0.2, 0.25) is 11.8 Å². The molecule has 1 heterocycles. The molecular weight excluding hydrogens is 434 g/mol. The fourth-order valence-corrected chi connectivity index (χ4v) is 4.22. The minimum atomic E-state index is -0.479. The Labute approximate surface area is 195 Å². The highest BCUT2D eigenvalue weighted by molar-refractivity contribution is 7.99. The van der Waals surface area contributed by atoms with Crippen LogP contribution in [0.25, 0.3) is 0 Å². The minimum absolute atomic E-state index is 0.0381. The van der Waals surface area contributed by atoms with Gasteiger partial charge in [-0.25, -0.2) is 0 Å². The number of carbonyl (C=O) groups excluding carboxylic acids is 1. The highest BCUT2D eigenvalue weighted by Gasteiger charge is 2.25. The number of carbonyl (C=O) groups is 1. The van der Waals surface area contributed by atoms with Crippen LogP contribution >= 0.6 is 11.8 Å². The van der Waals surface area contributed by atoms with Crippen molar-refractivity contribution in [1.29, 1.82) is 0 Å². The van der Waals surface area contributed by atoms with E-state index >= 15 is 0 Å². The van der Waals surface area contributed by atoms with Gasteiger partial charge in [-0.05, 0) is 30.2 Å². The van der Waals surface area contributed by atoms with Crippen molar-refractivity contribution in [2.24, 2.45) is 0 Å². The second-order valence-corrected chi connectivity index (χ2v) is 8.53. The lowest BCUT2D eigenvalue weighted by Crippen LogP contribution is -2.21. The molecule has 0 saturated carbocycles. The van der Waals surface area contributed by atoms with E-state index in [0.29, 0.717) is 5.69 Å². The minimum Gasteiger partial charge on any atom is -0.493 e. The number of aromatic nitrogens is 2. The van der Waals surface area contributed by atoms with E-state index in [9.17, 15) is 14.7 Å². The van der Waals surface area contributed by atoms with Gasteiger partial charge in [0.25, 0.3) is 5.56 Å². The van der Waals surface area contributed by atoms with E-state index < -0.39 is 11.5 Å². The van der Waals surface area contributed by atoms with Crippen molar-refractivity contribution in [3.63, 3.8) is 0 Å². The van der Waals surface area contributed by atoms with Crippen molar-refractivity contribution >= 4 is 23.4 Å². The van der Waals surface area contributed by atoms with Crippen LogP contribution in [-0.4, -0.2) is 26.7 Å². The molecule has 3 N–H and O–H groups in total. The average molecular weight is 458 g/mol. The third-order valence-corrected chi connectivity index (χ3v) is 6.02. The van der Waals surface area contributed by atoms with Gasteiger partial charge in [0.15, 0.2) is 5.16 Å². The second kappa shape index (κ2) is 10.2. The zero-order valence-electron chi connectivity index (χ0n) is 18.0. The number of aromatic amines is 1. The van der Waals surface area contributed by atoms with E-state index in [1.165, 1.54) is 0 Å². The number of anilines is 1. The van der Waals surface area contributed by atoms with Crippen LogP contribution in [0.5, 0.6) is 5.88 Å². The van der Waals surface area contributed by atoms with Crippen LogP contribution in [-0.2, 0) is 4.79 Å². The number of hydrogen-bond acceptors (Lipinski definition) is 5. The van der Waals surface area contributed by atoms with Crippen LogP contribution in [0.3, 0.4) is 0 Å². The standard InChI is InChI=1S/C26H23N3O3S/c1-17-12-14-20(15-13-17)27-21(30)16-33-26-28-24(31)23(25(32)29-26)22(18-8-4-2-5-9-18)19-10-6-3-7-11-19/h2-15,22H,16H2,1H3,(H,27,30)(H2,28,29,31,32). The van der Waals surface area contributed by atoms with Crippen LogP contribution in [0, 0.1) is 6.92 Å². The molecule has 166 valence electrons. The van der Waals surface area contributed by atoms with Crippen LogP contribution in [0.4, 0.5) is 5.69 Å². The average Bonchev–Trinajstić information content (AvgIpc) is 2.82. The predicted molar refractivity (Wildman–Crippen MR) is 131 cm³/mol. The van der Waals surface area contributed by atoms with Crippen molar-refractivity contribution in [3.8, 4) is 5.88 Å². The molecule has 1 aromatic heterocycles. The fourth-order valence-electron chi connectivity index (χ4n) is 3.56. The molecule has 0 saturated heterocycles. The summed E-state index contributed by atoms with van der Waals surface area (Å²) in [5, 5.41) is 13.7. The largest absolute Gasteiger partial charge is 0.493 e. The smallest absolute Gasteiger partial charge is 0.259 e. The summed E-state index contributed by atoms with van der Waals surface area (Å²) in [5.74, 6) is -1.02. The summed E-state index contributed by atoms with van der Waals surface area (Å²) < 4.78 is 0. The van der Waals surface area contributed by atoms with Gasteiger partial charge in [0.05, 0.1) is 11.3 Å². The molecule has 1 amide bonds. The summed E-state index contributed by atoms with van der Waals surface area (Å²) in [6.45, 7) is 1.97. The van der Waals surface area contributed by atoms with E-state index in [1.54, 1.807) is 0 Å². The summed E-state index contributed by atoms with van der Waals surface area (Å²) in [7, 11) is 0. The molecule has 4 aromatic rings. The molecule has 0 atom stereocenters. The molecule has 6 nitrogen and oxygen atoms in total. The second-order valence-electron chi connectivity index (χ2n) is 7.57. The van der Waals surface area contributed by atoms with Gasteiger partial charge >= 0.3 is 0 Å². The monoisotopic (exact) mass is 457 g/mol. The van der Waals surface area contributed by atoms with Crippen LogP contribution in [0.2, 0.25) is 0 Å². The molecule has 33 heavy (non-hydrogen) atoms. The first kappa shape index (κ1) is 22.4. The van der Waals surface area contributed by atoms with Crippen LogP contribution in [0.15, 0.2) is 94.9 Å². The maximum atomic E-state index is 13.0. The first-order chi connectivity index (χ1) is 16.0. The van der Waals surface area contributed by atoms with Gasteiger partial charge in [-0.3, -0.25) is 9.59 Å². The maximum Gasteiger partial charge on any atom is 0.259 e. The number of benzene rings is 3. The lowest BCUT2D eigenvalue weighted by Gasteiger charge is -2.18. The summed E-state index contributed by atoms with van der Waals surface area (Å²) in [6, 6.07) is 26.5. The number of thioether (sulfide) groups is 1. The fraction of sp³-hybridized carbons (Fsp3) is 0.115. The Balaban J connectivity index is 1.56. The van der Waals surface area contributed by atoms with Gasteiger partial charge < -0.3 is 15.4 Å². The van der Waals surface area contributed by atoms with E-state index in [0.717, 1.165) is 28.5 Å². The van der Waals surface area contributed by atoms with Crippen LogP contribution < -0.4 is 10.9 Å². The highest BCUT2D eigenvalue weighted by atomic mass is 32.2. The first-order valence-electron chi connectivity index (χ1n) is 10.4.